The third-order valence-corrected chi connectivity index (χ3v) is 5.63. The van der Waals surface area contributed by atoms with Crippen LogP contribution in [-0.4, -0.2) is 25.0 Å². The summed E-state index contributed by atoms with van der Waals surface area (Å²) in [5.74, 6) is 0.573. The van der Waals surface area contributed by atoms with Gasteiger partial charge in [0.15, 0.2) is 0 Å². The maximum Gasteiger partial charge on any atom is 0.0784 e. The fourth-order valence-electron chi connectivity index (χ4n) is 3.38. The van der Waals surface area contributed by atoms with Gasteiger partial charge in [0.05, 0.1) is 15.1 Å². The predicted molar refractivity (Wildman–Crippen MR) is 78.4 cm³/mol. The Labute approximate surface area is 123 Å². The van der Waals surface area contributed by atoms with Crippen LogP contribution in [0.5, 0.6) is 0 Å². The lowest BCUT2D eigenvalue weighted by Crippen LogP contribution is -2.25. The first-order valence-corrected chi connectivity index (χ1v) is 7.59. The number of rotatable bonds is 0. The quantitative estimate of drug-likeness (QED) is 0.635. The first kappa shape index (κ1) is 13.1. The summed E-state index contributed by atoms with van der Waals surface area (Å²) in [5, 5.41) is 1.93. The van der Waals surface area contributed by atoms with Crippen LogP contribution in [-0.2, 0) is 12.8 Å². The van der Waals surface area contributed by atoms with Crippen molar-refractivity contribution < 1.29 is 0 Å². The van der Waals surface area contributed by atoms with Crippen molar-refractivity contribution in [1.82, 2.24) is 4.90 Å². The van der Waals surface area contributed by atoms with E-state index in [1.165, 1.54) is 29.5 Å². The van der Waals surface area contributed by atoms with E-state index in [2.05, 4.69) is 11.9 Å². The highest BCUT2D eigenvalue weighted by Crippen LogP contribution is 2.46. The van der Waals surface area contributed by atoms with Crippen LogP contribution < -0.4 is 0 Å². The molecule has 1 aliphatic heterocycles. The molecule has 18 heavy (non-hydrogen) atoms. The Balaban J connectivity index is 2.25. The lowest BCUT2D eigenvalue weighted by Gasteiger charge is -2.29. The maximum absolute atomic E-state index is 6.42. The number of halogens is 3. The largest absolute Gasteiger partial charge is 0.305 e. The monoisotopic (exact) mass is 303 g/mol. The minimum Gasteiger partial charge on any atom is -0.305 e. The van der Waals surface area contributed by atoms with Crippen LogP contribution in [0.1, 0.15) is 35.4 Å². The van der Waals surface area contributed by atoms with Gasteiger partial charge in [-0.1, -0.05) is 34.8 Å². The Kier molecular flexibility index (Phi) is 3.53. The molecule has 1 heterocycles. The molecule has 0 saturated heterocycles. The van der Waals surface area contributed by atoms with Crippen molar-refractivity contribution in [3.05, 3.63) is 31.8 Å². The molecule has 3 rings (SSSR count). The van der Waals surface area contributed by atoms with Gasteiger partial charge in [0, 0.05) is 13.1 Å². The molecule has 1 nitrogen and oxygen atoms in total. The van der Waals surface area contributed by atoms with Crippen molar-refractivity contribution in [2.75, 3.05) is 20.1 Å². The summed E-state index contributed by atoms with van der Waals surface area (Å²) in [7, 11) is 2.18. The molecule has 0 N–H and O–H groups in total. The van der Waals surface area contributed by atoms with E-state index < -0.39 is 0 Å². The topological polar surface area (TPSA) is 3.24 Å². The van der Waals surface area contributed by atoms with Crippen LogP contribution in [0, 0.1) is 0 Å². The van der Waals surface area contributed by atoms with Crippen molar-refractivity contribution in [1.29, 1.82) is 0 Å². The molecule has 1 atom stereocenters. The second kappa shape index (κ2) is 4.86. The number of nitrogens with zero attached hydrogens (tertiary/aromatic N) is 1. The molecule has 1 aromatic rings. The second-order valence-electron chi connectivity index (χ2n) is 5.41. The molecule has 0 radical (unpaired) electrons. The summed E-state index contributed by atoms with van der Waals surface area (Å²) < 4.78 is 0. The van der Waals surface area contributed by atoms with Gasteiger partial charge in [-0.15, -0.1) is 0 Å². The number of benzene rings is 1. The maximum atomic E-state index is 6.42. The lowest BCUT2D eigenvalue weighted by atomic mass is 9.80. The molecule has 0 aromatic heterocycles. The van der Waals surface area contributed by atoms with Crippen molar-refractivity contribution in [2.24, 2.45) is 0 Å². The van der Waals surface area contributed by atoms with E-state index in [1.807, 2.05) is 0 Å². The summed E-state index contributed by atoms with van der Waals surface area (Å²) in [4.78, 5) is 2.39. The zero-order chi connectivity index (χ0) is 12.9. The average molecular weight is 305 g/mol. The molecule has 2 aliphatic rings. The highest BCUT2D eigenvalue weighted by atomic mass is 35.5. The third kappa shape index (κ3) is 1.96. The molecule has 0 amide bonds. The highest BCUT2D eigenvalue weighted by molar-refractivity contribution is 6.48. The van der Waals surface area contributed by atoms with Crippen LogP contribution >= 0.6 is 34.8 Å². The fourth-order valence-corrected chi connectivity index (χ4v) is 4.24. The van der Waals surface area contributed by atoms with E-state index in [1.54, 1.807) is 0 Å². The summed E-state index contributed by atoms with van der Waals surface area (Å²) in [6.45, 7) is 2.15. The van der Waals surface area contributed by atoms with Crippen molar-refractivity contribution in [3.63, 3.8) is 0 Å². The van der Waals surface area contributed by atoms with Gasteiger partial charge in [-0.2, -0.15) is 0 Å². The van der Waals surface area contributed by atoms with E-state index >= 15 is 0 Å². The van der Waals surface area contributed by atoms with E-state index in [9.17, 15) is 0 Å². The van der Waals surface area contributed by atoms with Crippen LogP contribution in [0.4, 0.5) is 0 Å². The Hall–Kier alpha value is 0.0500. The van der Waals surface area contributed by atoms with Gasteiger partial charge < -0.3 is 4.90 Å². The Morgan fingerprint density at radius 1 is 1.00 bits per heavy atom. The highest BCUT2D eigenvalue weighted by Gasteiger charge is 2.31. The average Bonchev–Trinajstić information content (AvgIpc) is 2.53. The molecule has 98 valence electrons. The smallest absolute Gasteiger partial charge is 0.0784 e. The molecule has 4 heteroatoms. The van der Waals surface area contributed by atoms with Gasteiger partial charge in [0.1, 0.15) is 0 Å². The van der Waals surface area contributed by atoms with Crippen molar-refractivity contribution in [3.8, 4) is 0 Å². The number of likely N-dealkylation sites (N-methyl/N-ethyl adjacent to an activating group) is 1. The van der Waals surface area contributed by atoms with Gasteiger partial charge in [-0.3, -0.25) is 0 Å². The SMILES string of the molecule is CN1CCc2c(Cl)c(Cl)c(Cl)c3c2C(CCC3)C1. The van der Waals surface area contributed by atoms with E-state index in [-0.39, 0.29) is 0 Å². The second-order valence-corrected chi connectivity index (χ2v) is 6.55. The molecule has 1 unspecified atom stereocenters. The first-order valence-electron chi connectivity index (χ1n) is 6.46. The van der Waals surface area contributed by atoms with Gasteiger partial charge >= 0.3 is 0 Å². The van der Waals surface area contributed by atoms with Gasteiger partial charge in [-0.25, -0.2) is 0 Å². The predicted octanol–water partition coefficient (Wildman–Crippen LogP) is 4.55. The normalized spacial score (nSPS) is 23.7. The van der Waals surface area contributed by atoms with E-state index in [4.69, 9.17) is 34.8 Å². The standard InChI is InChI=1S/C14H16Cl3N/c1-18-6-5-10-11-8(7-18)3-2-4-9(11)12(15)14(17)13(10)16/h8H,2-7H2,1H3. The summed E-state index contributed by atoms with van der Waals surface area (Å²) in [5.41, 5.74) is 3.91. The van der Waals surface area contributed by atoms with Crippen molar-refractivity contribution in [2.45, 2.75) is 31.6 Å². The molecule has 0 fully saturated rings. The summed E-state index contributed by atoms with van der Waals surface area (Å²) in [6.07, 6.45) is 4.45. The van der Waals surface area contributed by atoms with Crippen molar-refractivity contribution >= 4 is 34.8 Å². The summed E-state index contributed by atoms with van der Waals surface area (Å²) >= 11 is 19.1. The Morgan fingerprint density at radius 2 is 1.67 bits per heavy atom. The number of hydrogen-bond acceptors (Lipinski definition) is 1. The minimum absolute atomic E-state index is 0.553. The van der Waals surface area contributed by atoms with E-state index in [0.717, 1.165) is 25.9 Å². The molecular formula is C14H16Cl3N. The zero-order valence-corrected chi connectivity index (χ0v) is 12.7. The van der Waals surface area contributed by atoms with Gasteiger partial charge in [0.25, 0.3) is 0 Å². The molecule has 1 aromatic carbocycles. The summed E-state index contributed by atoms with van der Waals surface area (Å²) in [6, 6.07) is 0. The third-order valence-electron chi connectivity index (χ3n) is 4.23. The van der Waals surface area contributed by atoms with Gasteiger partial charge in [0.2, 0.25) is 0 Å². The molecule has 0 spiro atoms. The van der Waals surface area contributed by atoms with Crippen LogP contribution in [0.2, 0.25) is 15.1 Å². The molecule has 0 saturated carbocycles. The van der Waals surface area contributed by atoms with Crippen LogP contribution in [0.25, 0.3) is 0 Å². The molecular weight excluding hydrogens is 289 g/mol. The van der Waals surface area contributed by atoms with E-state index in [0.29, 0.717) is 21.0 Å². The number of hydrogen-bond donors (Lipinski definition) is 0. The van der Waals surface area contributed by atoms with Crippen LogP contribution in [0.3, 0.4) is 0 Å². The zero-order valence-electron chi connectivity index (χ0n) is 10.4. The molecule has 0 bridgehead atoms. The minimum atomic E-state index is 0.553. The van der Waals surface area contributed by atoms with Gasteiger partial charge in [-0.05, 0) is 55.3 Å². The first-order chi connectivity index (χ1) is 8.59. The fraction of sp³-hybridized carbons (Fsp3) is 0.571. The lowest BCUT2D eigenvalue weighted by molar-refractivity contribution is 0.313. The Bertz CT molecular complexity index is 499. The molecule has 1 aliphatic carbocycles. The van der Waals surface area contributed by atoms with Crippen LogP contribution in [0.15, 0.2) is 0 Å². The Morgan fingerprint density at radius 3 is 2.39 bits per heavy atom.